The number of anilines is 2. The number of ether oxygens (including phenoxy) is 1. The predicted octanol–water partition coefficient (Wildman–Crippen LogP) is 4.27. The zero-order valence-electron chi connectivity index (χ0n) is 15.8. The van der Waals surface area contributed by atoms with Gasteiger partial charge in [0.1, 0.15) is 18.2 Å². The highest BCUT2D eigenvalue weighted by molar-refractivity contribution is 7.80. The molecule has 2 aromatic rings. The monoisotopic (exact) mass is 407 g/mol. The Kier molecular flexibility index (Phi) is 8.28. The molecule has 0 saturated heterocycles. The molecule has 0 spiro atoms. The van der Waals surface area contributed by atoms with Crippen LogP contribution in [0.15, 0.2) is 42.5 Å². The van der Waals surface area contributed by atoms with Crippen molar-refractivity contribution in [2.75, 3.05) is 36.9 Å². The summed E-state index contributed by atoms with van der Waals surface area (Å²) in [5, 5.41) is 5.67. The molecule has 2 aromatic carbocycles. The molecule has 2 N–H and O–H groups in total. The maximum Gasteiger partial charge on any atom is 0.338 e. The first kappa shape index (κ1) is 21.7. The third kappa shape index (κ3) is 6.54. The number of nitrogens with one attached hydrogen (secondary N) is 2. The first-order valence-electron chi connectivity index (χ1n) is 8.95. The van der Waals surface area contributed by atoms with Gasteiger partial charge in [0.2, 0.25) is 0 Å². The van der Waals surface area contributed by atoms with Crippen LogP contribution in [0.4, 0.5) is 20.2 Å². The molecule has 0 saturated carbocycles. The van der Waals surface area contributed by atoms with Crippen molar-refractivity contribution in [2.45, 2.75) is 13.8 Å². The van der Waals surface area contributed by atoms with E-state index in [1.165, 1.54) is 6.07 Å². The molecule has 0 aliphatic heterocycles. The molecule has 28 heavy (non-hydrogen) atoms. The van der Waals surface area contributed by atoms with E-state index in [0.29, 0.717) is 24.4 Å². The second kappa shape index (κ2) is 10.7. The summed E-state index contributed by atoms with van der Waals surface area (Å²) < 4.78 is 31.8. The Morgan fingerprint density at radius 1 is 1.07 bits per heavy atom. The van der Waals surface area contributed by atoms with Crippen LogP contribution in [0.1, 0.15) is 24.2 Å². The average Bonchev–Trinajstić information content (AvgIpc) is 2.68. The van der Waals surface area contributed by atoms with Gasteiger partial charge in [0.05, 0.1) is 11.3 Å². The maximum absolute atomic E-state index is 13.6. The minimum atomic E-state index is -0.744. The van der Waals surface area contributed by atoms with Crippen LogP contribution in [-0.4, -0.2) is 42.2 Å². The minimum absolute atomic E-state index is 0.0623. The van der Waals surface area contributed by atoms with E-state index >= 15 is 0 Å². The topological polar surface area (TPSA) is 53.6 Å². The lowest BCUT2D eigenvalue weighted by atomic mass is 10.2. The van der Waals surface area contributed by atoms with Gasteiger partial charge in [-0.1, -0.05) is 13.8 Å². The molecular weight excluding hydrogens is 384 g/mol. The van der Waals surface area contributed by atoms with E-state index in [4.69, 9.17) is 17.0 Å². The summed E-state index contributed by atoms with van der Waals surface area (Å²) in [7, 11) is 0. The van der Waals surface area contributed by atoms with E-state index in [-0.39, 0.29) is 10.8 Å². The Morgan fingerprint density at radius 2 is 1.75 bits per heavy atom. The fourth-order valence-electron chi connectivity index (χ4n) is 2.46. The molecule has 0 unspecified atom stereocenters. The summed E-state index contributed by atoms with van der Waals surface area (Å²) in [4.78, 5) is 14.2. The Bertz CT molecular complexity index is 812. The quantitative estimate of drug-likeness (QED) is 0.503. The summed E-state index contributed by atoms with van der Waals surface area (Å²) in [6.07, 6.45) is 0. The number of thiocarbonyl (C=S) groups is 1. The van der Waals surface area contributed by atoms with Crippen LogP contribution in [0, 0.1) is 11.6 Å². The lowest BCUT2D eigenvalue weighted by Crippen LogP contribution is -2.27. The number of hydrogen-bond acceptors (Lipinski definition) is 4. The van der Waals surface area contributed by atoms with Crippen molar-refractivity contribution >= 4 is 34.7 Å². The third-order valence-corrected chi connectivity index (χ3v) is 4.30. The van der Waals surface area contributed by atoms with Gasteiger partial charge in [-0.05, 0) is 61.7 Å². The third-order valence-electron chi connectivity index (χ3n) is 4.09. The number of benzene rings is 2. The molecule has 0 heterocycles. The van der Waals surface area contributed by atoms with Gasteiger partial charge in [0.25, 0.3) is 0 Å². The van der Waals surface area contributed by atoms with Crippen LogP contribution >= 0.6 is 12.2 Å². The molecule has 0 fully saturated rings. The molecular formula is C20H23F2N3O2S. The molecule has 0 aliphatic rings. The van der Waals surface area contributed by atoms with Crippen LogP contribution in [0.2, 0.25) is 0 Å². The molecule has 0 bridgehead atoms. The van der Waals surface area contributed by atoms with Gasteiger partial charge in [-0.3, -0.25) is 0 Å². The number of nitrogens with zero attached hydrogens (tertiary/aromatic N) is 1. The van der Waals surface area contributed by atoms with Crippen LogP contribution in [0.5, 0.6) is 0 Å². The molecule has 0 atom stereocenters. The van der Waals surface area contributed by atoms with Crippen LogP contribution in [0.25, 0.3) is 0 Å². The van der Waals surface area contributed by atoms with Gasteiger partial charge < -0.3 is 20.3 Å². The summed E-state index contributed by atoms with van der Waals surface area (Å²) in [6.45, 7) is 6.95. The average molecular weight is 407 g/mol. The van der Waals surface area contributed by atoms with E-state index in [1.807, 2.05) is 0 Å². The standard InChI is InChI=1S/C20H23F2N3O2S/c1-3-25(4-2)11-12-27-19(26)14-5-8-16(9-6-14)23-20(28)24-18-10-7-15(21)13-17(18)22/h5-10,13H,3-4,11-12H2,1-2H3,(H2,23,24,28). The molecule has 5 nitrogen and oxygen atoms in total. The Hall–Kier alpha value is -2.58. The van der Waals surface area contributed by atoms with Crippen molar-refractivity contribution in [1.29, 1.82) is 0 Å². The van der Waals surface area contributed by atoms with Crippen LogP contribution in [-0.2, 0) is 4.74 Å². The van der Waals surface area contributed by atoms with Crippen molar-refractivity contribution < 1.29 is 18.3 Å². The smallest absolute Gasteiger partial charge is 0.338 e. The normalized spacial score (nSPS) is 10.6. The molecule has 0 aliphatic carbocycles. The highest BCUT2D eigenvalue weighted by Gasteiger charge is 2.09. The second-order valence-electron chi connectivity index (χ2n) is 5.94. The van der Waals surface area contributed by atoms with Gasteiger partial charge in [0, 0.05) is 18.3 Å². The summed E-state index contributed by atoms with van der Waals surface area (Å²) in [6, 6.07) is 9.72. The molecule has 8 heteroatoms. The van der Waals surface area contributed by atoms with E-state index in [0.717, 1.165) is 25.2 Å². The Labute approximate surface area is 168 Å². The van der Waals surface area contributed by atoms with Crippen molar-refractivity contribution in [2.24, 2.45) is 0 Å². The highest BCUT2D eigenvalue weighted by atomic mass is 32.1. The maximum atomic E-state index is 13.6. The van der Waals surface area contributed by atoms with Gasteiger partial charge in [-0.2, -0.15) is 0 Å². The largest absolute Gasteiger partial charge is 0.461 e. The van der Waals surface area contributed by atoms with E-state index in [1.54, 1.807) is 24.3 Å². The van der Waals surface area contributed by atoms with Crippen LogP contribution < -0.4 is 10.6 Å². The molecule has 0 amide bonds. The Balaban J connectivity index is 1.86. The summed E-state index contributed by atoms with van der Waals surface area (Å²) in [5.41, 5.74) is 1.10. The number of halogens is 2. The van der Waals surface area contributed by atoms with Crippen LogP contribution in [0.3, 0.4) is 0 Å². The van der Waals surface area contributed by atoms with E-state index in [9.17, 15) is 13.6 Å². The van der Waals surface area contributed by atoms with Crippen molar-refractivity contribution in [3.05, 3.63) is 59.7 Å². The summed E-state index contributed by atoms with van der Waals surface area (Å²) in [5.74, 6) is -1.80. The van der Waals surface area contributed by atoms with Gasteiger partial charge in [-0.25, -0.2) is 13.6 Å². The second-order valence-corrected chi connectivity index (χ2v) is 6.35. The van der Waals surface area contributed by atoms with Gasteiger partial charge in [-0.15, -0.1) is 0 Å². The number of carbonyl (C=O) groups excluding carboxylic acids is 1. The SMILES string of the molecule is CCN(CC)CCOC(=O)c1ccc(NC(=S)Nc2ccc(F)cc2F)cc1. The molecule has 0 aromatic heterocycles. The highest BCUT2D eigenvalue weighted by Crippen LogP contribution is 2.16. The van der Waals surface area contributed by atoms with Crippen molar-refractivity contribution in [3.8, 4) is 0 Å². The summed E-state index contributed by atoms with van der Waals surface area (Å²) >= 11 is 5.12. The zero-order valence-corrected chi connectivity index (χ0v) is 16.6. The fourth-order valence-corrected chi connectivity index (χ4v) is 2.68. The number of hydrogen-bond donors (Lipinski definition) is 2. The fraction of sp³-hybridized carbons (Fsp3) is 0.300. The van der Waals surface area contributed by atoms with Gasteiger partial charge >= 0.3 is 5.97 Å². The number of likely N-dealkylation sites (N-methyl/N-ethyl adjacent to an activating group) is 1. The lowest BCUT2D eigenvalue weighted by Gasteiger charge is -2.17. The molecule has 2 rings (SSSR count). The first-order valence-corrected chi connectivity index (χ1v) is 9.36. The van der Waals surface area contributed by atoms with Crippen molar-refractivity contribution in [3.63, 3.8) is 0 Å². The van der Waals surface area contributed by atoms with E-state index < -0.39 is 17.6 Å². The van der Waals surface area contributed by atoms with Crippen molar-refractivity contribution in [1.82, 2.24) is 4.90 Å². The number of rotatable bonds is 8. The van der Waals surface area contributed by atoms with E-state index in [2.05, 4.69) is 29.4 Å². The minimum Gasteiger partial charge on any atom is -0.461 e. The number of carbonyl (C=O) groups is 1. The Morgan fingerprint density at radius 3 is 2.36 bits per heavy atom. The molecule has 0 radical (unpaired) electrons. The zero-order chi connectivity index (χ0) is 20.5. The number of esters is 1. The van der Waals surface area contributed by atoms with Gasteiger partial charge in [0.15, 0.2) is 5.11 Å². The molecule has 150 valence electrons. The lowest BCUT2D eigenvalue weighted by molar-refractivity contribution is 0.0466. The predicted molar refractivity (Wildman–Crippen MR) is 111 cm³/mol. The first-order chi connectivity index (χ1) is 13.4.